The lowest BCUT2D eigenvalue weighted by Gasteiger charge is -2.41. The van der Waals surface area contributed by atoms with Gasteiger partial charge >= 0.3 is 5.97 Å². The second kappa shape index (κ2) is 13.0. The monoisotopic (exact) mass is 523 g/mol. The van der Waals surface area contributed by atoms with Gasteiger partial charge in [-0.15, -0.1) is 0 Å². The van der Waals surface area contributed by atoms with Gasteiger partial charge in [-0.2, -0.15) is 0 Å². The molecular formula is C27H49N5O5. The first-order valence-electron chi connectivity index (χ1n) is 13.6. The maximum atomic E-state index is 13.9. The summed E-state index contributed by atoms with van der Waals surface area (Å²) in [5, 5.41) is 12.2. The summed E-state index contributed by atoms with van der Waals surface area (Å²) in [7, 11) is 5.26. The van der Waals surface area contributed by atoms with E-state index in [4.69, 9.17) is 5.11 Å². The van der Waals surface area contributed by atoms with Gasteiger partial charge in [-0.3, -0.25) is 29.0 Å². The van der Waals surface area contributed by atoms with Crippen LogP contribution in [0.1, 0.15) is 66.7 Å². The Labute approximate surface area is 222 Å². The number of carboxylic acids is 1. The molecule has 212 valence electrons. The summed E-state index contributed by atoms with van der Waals surface area (Å²) in [6, 6.07) is -1.48. The van der Waals surface area contributed by atoms with E-state index in [2.05, 4.69) is 29.0 Å². The van der Waals surface area contributed by atoms with Gasteiger partial charge in [0.15, 0.2) is 0 Å². The predicted molar refractivity (Wildman–Crippen MR) is 143 cm³/mol. The van der Waals surface area contributed by atoms with E-state index < -0.39 is 23.5 Å². The Kier molecular flexibility index (Phi) is 10.9. The van der Waals surface area contributed by atoms with Gasteiger partial charge in [0.05, 0.1) is 12.1 Å². The molecule has 3 amide bonds. The van der Waals surface area contributed by atoms with Crippen molar-refractivity contribution in [1.82, 2.24) is 24.9 Å². The number of aliphatic carboxylic acids is 1. The second-order valence-electron chi connectivity index (χ2n) is 12.3. The van der Waals surface area contributed by atoms with Gasteiger partial charge in [-0.25, -0.2) is 0 Å². The van der Waals surface area contributed by atoms with E-state index in [0.29, 0.717) is 13.0 Å². The number of likely N-dealkylation sites (tertiary alicyclic amines) is 2. The van der Waals surface area contributed by atoms with Gasteiger partial charge in [0, 0.05) is 26.7 Å². The number of piperidine rings is 1. The van der Waals surface area contributed by atoms with Gasteiger partial charge in [0.1, 0.15) is 12.6 Å². The van der Waals surface area contributed by atoms with Crippen LogP contribution in [0.5, 0.6) is 0 Å². The molecular weight excluding hydrogens is 474 g/mol. The molecule has 2 heterocycles. The number of hydrogen-bond donors (Lipinski definition) is 2. The Bertz CT molecular complexity index is 826. The first kappa shape index (κ1) is 31.0. The standard InChI is InChI=1S/C27H49N5O5/c1-18(2)21(16-32-15-11-13-20(32)25(36)30(7)17-22(33)34)31(8)26(37)23(27(3,4)5)28-24(35)19-12-9-10-14-29(19)6/h18-21,23H,9-17H2,1-8H3,(H,28,35)(H,33,34)/t19?,20?,21?,23-/m1/s1. The Morgan fingerprint density at radius 1 is 1.00 bits per heavy atom. The molecule has 0 aliphatic carbocycles. The summed E-state index contributed by atoms with van der Waals surface area (Å²) < 4.78 is 0. The highest BCUT2D eigenvalue weighted by atomic mass is 16.4. The number of carboxylic acid groups (broad SMARTS) is 1. The molecule has 10 heteroatoms. The molecule has 0 radical (unpaired) electrons. The van der Waals surface area contributed by atoms with E-state index in [1.165, 1.54) is 11.9 Å². The highest BCUT2D eigenvalue weighted by molar-refractivity contribution is 5.90. The van der Waals surface area contributed by atoms with E-state index in [-0.39, 0.29) is 42.3 Å². The fourth-order valence-corrected chi connectivity index (χ4v) is 5.54. The van der Waals surface area contributed by atoms with Crippen molar-refractivity contribution in [3.05, 3.63) is 0 Å². The summed E-state index contributed by atoms with van der Waals surface area (Å²) in [4.78, 5) is 58.3. The van der Waals surface area contributed by atoms with Crippen LogP contribution >= 0.6 is 0 Å². The highest BCUT2D eigenvalue weighted by Gasteiger charge is 2.41. The van der Waals surface area contributed by atoms with Crippen LogP contribution in [-0.2, 0) is 19.2 Å². The lowest BCUT2D eigenvalue weighted by atomic mass is 9.84. The molecule has 2 N–H and O–H groups in total. The average molecular weight is 524 g/mol. The van der Waals surface area contributed by atoms with E-state index in [1.54, 1.807) is 11.9 Å². The first-order valence-corrected chi connectivity index (χ1v) is 13.6. The van der Waals surface area contributed by atoms with Gasteiger partial charge in [0.25, 0.3) is 0 Å². The van der Waals surface area contributed by atoms with Crippen molar-refractivity contribution < 1.29 is 24.3 Å². The van der Waals surface area contributed by atoms with Crippen LogP contribution in [0.3, 0.4) is 0 Å². The lowest BCUT2D eigenvalue weighted by Crippen LogP contribution is -2.61. The van der Waals surface area contributed by atoms with Crippen LogP contribution in [0.4, 0.5) is 0 Å². The molecule has 2 fully saturated rings. The molecule has 2 saturated heterocycles. The molecule has 4 atom stereocenters. The van der Waals surface area contributed by atoms with Crippen LogP contribution in [0, 0.1) is 11.3 Å². The normalized spacial score (nSPS) is 22.9. The second-order valence-corrected chi connectivity index (χ2v) is 12.3. The minimum absolute atomic E-state index is 0.100. The van der Waals surface area contributed by atoms with Gasteiger partial charge in [-0.1, -0.05) is 41.0 Å². The molecule has 2 aliphatic rings. The minimum atomic E-state index is -1.04. The van der Waals surface area contributed by atoms with E-state index in [9.17, 15) is 19.2 Å². The Morgan fingerprint density at radius 2 is 1.62 bits per heavy atom. The molecule has 0 aromatic rings. The Balaban J connectivity index is 2.18. The number of nitrogens with one attached hydrogen (secondary N) is 1. The molecule has 37 heavy (non-hydrogen) atoms. The van der Waals surface area contributed by atoms with E-state index in [0.717, 1.165) is 38.8 Å². The molecule has 0 spiro atoms. The molecule has 0 aromatic carbocycles. The van der Waals surface area contributed by atoms with Crippen molar-refractivity contribution in [2.24, 2.45) is 11.3 Å². The number of likely N-dealkylation sites (N-methyl/N-ethyl adjacent to an activating group) is 3. The van der Waals surface area contributed by atoms with Gasteiger partial charge in [0.2, 0.25) is 17.7 Å². The summed E-state index contributed by atoms with van der Waals surface area (Å²) in [5.41, 5.74) is -0.485. The van der Waals surface area contributed by atoms with Crippen LogP contribution in [-0.4, -0.2) is 120 Å². The first-order chi connectivity index (χ1) is 17.1. The molecule has 10 nitrogen and oxygen atoms in total. The number of nitrogens with zero attached hydrogens (tertiary/aromatic N) is 4. The summed E-state index contributed by atoms with van der Waals surface area (Å²) >= 11 is 0. The molecule has 3 unspecified atom stereocenters. The van der Waals surface area contributed by atoms with E-state index in [1.807, 2.05) is 27.8 Å². The van der Waals surface area contributed by atoms with Crippen molar-refractivity contribution in [3.8, 4) is 0 Å². The third-order valence-electron chi connectivity index (χ3n) is 7.91. The van der Waals surface area contributed by atoms with Crippen molar-refractivity contribution in [1.29, 1.82) is 0 Å². The third kappa shape index (κ3) is 8.14. The van der Waals surface area contributed by atoms with E-state index >= 15 is 0 Å². The zero-order chi connectivity index (χ0) is 28.1. The number of amides is 3. The van der Waals surface area contributed by atoms with Crippen LogP contribution in [0.25, 0.3) is 0 Å². The fraction of sp³-hybridized carbons (Fsp3) is 0.852. The smallest absolute Gasteiger partial charge is 0.323 e. The number of rotatable bonds is 10. The quantitative estimate of drug-likeness (QED) is 0.446. The average Bonchev–Trinajstić information content (AvgIpc) is 3.26. The van der Waals surface area contributed by atoms with Crippen molar-refractivity contribution >= 4 is 23.7 Å². The minimum Gasteiger partial charge on any atom is -0.480 e. The molecule has 2 rings (SSSR count). The number of carbonyl (C=O) groups excluding carboxylic acids is 3. The maximum Gasteiger partial charge on any atom is 0.323 e. The van der Waals surface area contributed by atoms with Gasteiger partial charge < -0.3 is 20.2 Å². The van der Waals surface area contributed by atoms with Crippen LogP contribution in [0.2, 0.25) is 0 Å². The molecule has 2 aliphatic heterocycles. The van der Waals surface area contributed by atoms with Crippen molar-refractivity contribution in [3.63, 3.8) is 0 Å². The van der Waals surface area contributed by atoms with Crippen molar-refractivity contribution in [2.75, 3.05) is 47.3 Å². The van der Waals surface area contributed by atoms with Crippen LogP contribution in [0.15, 0.2) is 0 Å². The zero-order valence-electron chi connectivity index (χ0n) is 24.1. The lowest BCUT2D eigenvalue weighted by molar-refractivity contribution is -0.146. The SMILES string of the molecule is CC(C)C(CN1CCCC1C(=O)N(C)CC(=O)O)N(C)C(=O)[C@@H](NC(=O)C1CCCCN1C)C(C)(C)C. The summed E-state index contributed by atoms with van der Waals surface area (Å²) in [5.74, 6) is -1.36. The Hall–Kier alpha value is -2.20. The predicted octanol–water partition coefficient (Wildman–Crippen LogP) is 1.49. The van der Waals surface area contributed by atoms with Gasteiger partial charge in [-0.05, 0) is 57.2 Å². The summed E-state index contributed by atoms with van der Waals surface area (Å²) in [6.45, 7) is 11.8. The number of hydrogen-bond acceptors (Lipinski definition) is 6. The highest BCUT2D eigenvalue weighted by Crippen LogP contribution is 2.26. The fourth-order valence-electron chi connectivity index (χ4n) is 5.54. The number of carbonyl (C=O) groups is 4. The molecule has 0 aromatic heterocycles. The maximum absolute atomic E-state index is 13.9. The zero-order valence-corrected chi connectivity index (χ0v) is 24.1. The summed E-state index contributed by atoms with van der Waals surface area (Å²) in [6.07, 6.45) is 4.38. The van der Waals surface area contributed by atoms with Crippen LogP contribution < -0.4 is 5.32 Å². The van der Waals surface area contributed by atoms with Crippen molar-refractivity contribution in [2.45, 2.75) is 90.9 Å². The molecule has 0 bridgehead atoms. The Morgan fingerprint density at radius 3 is 2.16 bits per heavy atom. The largest absolute Gasteiger partial charge is 0.480 e. The third-order valence-corrected chi connectivity index (χ3v) is 7.91. The molecule has 0 saturated carbocycles. The topological polar surface area (TPSA) is 113 Å².